The number of rotatable bonds is 5. The highest BCUT2D eigenvalue weighted by Gasteiger charge is 2.17. The first-order valence-electron chi connectivity index (χ1n) is 5.00. The van der Waals surface area contributed by atoms with E-state index >= 15 is 0 Å². The van der Waals surface area contributed by atoms with E-state index in [-0.39, 0.29) is 6.54 Å². The molecule has 0 amide bonds. The summed E-state index contributed by atoms with van der Waals surface area (Å²) in [5, 5.41) is 21.9. The van der Waals surface area contributed by atoms with Gasteiger partial charge in [0.1, 0.15) is 0 Å². The van der Waals surface area contributed by atoms with E-state index < -0.39 is 18.1 Å². The van der Waals surface area contributed by atoms with Crippen molar-refractivity contribution in [3.05, 3.63) is 33.8 Å². The predicted octanol–water partition coefficient (Wildman–Crippen LogP) is 2.09. The highest BCUT2D eigenvalue weighted by atomic mass is 35.5. The van der Waals surface area contributed by atoms with Gasteiger partial charge in [-0.05, 0) is 24.6 Å². The molecule has 0 aliphatic rings. The van der Waals surface area contributed by atoms with Crippen LogP contribution in [0, 0.1) is 0 Å². The van der Waals surface area contributed by atoms with Crippen molar-refractivity contribution >= 4 is 29.2 Å². The third-order valence-electron chi connectivity index (χ3n) is 2.33. The van der Waals surface area contributed by atoms with E-state index in [0.717, 1.165) is 0 Å². The van der Waals surface area contributed by atoms with E-state index in [1.165, 1.54) is 0 Å². The lowest BCUT2D eigenvalue weighted by Gasteiger charge is -2.20. The van der Waals surface area contributed by atoms with Crippen LogP contribution in [0.15, 0.2) is 18.2 Å². The summed E-state index contributed by atoms with van der Waals surface area (Å²) in [7, 11) is 0. The van der Waals surface area contributed by atoms with Crippen molar-refractivity contribution in [2.75, 3.05) is 6.54 Å². The quantitative estimate of drug-likeness (QED) is 0.771. The molecule has 0 heterocycles. The molecule has 2 atom stereocenters. The monoisotopic (exact) mass is 277 g/mol. The minimum absolute atomic E-state index is 0.209. The second-order valence-electron chi connectivity index (χ2n) is 3.68. The first kappa shape index (κ1) is 14.3. The Hall–Kier alpha value is -0.810. The Balaban J connectivity index is 2.70. The second kappa shape index (κ2) is 6.21. The fourth-order valence-corrected chi connectivity index (χ4v) is 1.65. The number of hydrogen-bond donors (Lipinski definition) is 3. The molecule has 0 saturated heterocycles. The largest absolute Gasteiger partial charge is 0.480 e. The molecule has 4 nitrogen and oxygen atoms in total. The van der Waals surface area contributed by atoms with Gasteiger partial charge in [0.25, 0.3) is 0 Å². The summed E-state index contributed by atoms with van der Waals surface area (Å²) in [5.74, 6) is -0.974. The summed E-state index contributed by atoms with van der Waals surface area (Å²) in [4.78, 5) is 10.4. The zero-order chi connectivity index (χ0) is 13.0. The maximum absolute atomic E-state index is 10.4. The molecule has 0 spiro atoms. The van der Waals surface area contributed by atoms with Gasteiger partial charge in [-0.25, -0.2) is 0 Å². The molecular weight excluding hydrogens is 265 g/mol. The Labute approximate surface area is 109 Å². The minimum atomic E-state index is -0.974. The van der Waals surface area contributed by atoms with Crippen molar-refractivity contribution in [1.29, 1.82) is 0 Å². The number of aliphatic hydroxyl groups is 1. The van der Waals surface area contributed by atoms with Crippen LogP contribution in [0.2, 0.25) is 10.0 Å². The van der Waals surface area contributed by atoms with Crippen molar-refractivity contribution in [2.24, 2.45) is 0 Å². The van der Waals surface area contributed by atoms with E-state index in [0.29, 0.717) is 15.6 Å². The van der Waals surface area contributed by atoms with Gasteiger partial charge in [0.2, 0.25) is 0 Å². The molecule has 0 bridgehead atoms. The van der Waals surface area contributed by atoms with E-state index in [2.05, 4.69) is 5.32 Å². The van der Waals surface area contributed by atoms with Crippen molar-refractivity contribution < 1.29 is 15.0 Å². The first-order valence-corrected chi connectivity index (χ1v) is 5.75. The molecule has 6 heteroatoms. The number of carbonyl (C=O) groups is 1. The van der Waals surface area contributed by atoms with Gasteiger partial charge in [0, 0.05) is 6.04 Å². The predicted molar refractivity (Wildman–Crippen MR) is 66.5 cm³/mol. The Morgan fingerprint density at radius 1 is 1.41 bits per heavy atom. The molecule has 0 aliphatic heterocycles. The molecule has 0 aromatic heterocycles. The van der Waals surface area contributed by atoms with Gasteiger partial charge in [-0.15, -0.1) is 0 Å². The van der Waals surface area contributed by atoms with E-state index in [4.69, 9.17) is 28.3 Å². The summed E-state index contributed by atoms with van der Waals surface area (Å²) < 4.78 is 0. The smallest absolute Gasteiger partial charge is 0.317 e. The van der Waals surface area contributed by atoms with Crippen LogP contribution in [0.4, 0.5) is 0 Å². The molecular formula is C11H13Cl2NO3. The number of carboxylic acid groups (broad SMARTS) is 1. The number of hydrogen-bond acceptors (Lipinski definition) is 3. The standard InChI is InChI=1S/C11H13Cl2NO3/c1-6(14-5-10(15)16)11(17)7-2-3-8(12)9(13)4-7/h2-4,6,11,14,17H,5H2,1H3,(H,15,16). The van der Waals surface area contributed by atoms with Crippen molar-refractivity contribution in [3.63, 3.8) is 0 Å². The van der Waals surface area contributed by atoms with E-state index in [9.17, 15) is 9.90 Å². The summed E-state index contributed by atoms with van der Waals surface area (Å²) in [6.07, 6.45) is -0.843. The van der Waals surface area contributed by atoms with Gasteiger partial charge in [-0.3, -0.25) is 4.79 Å². The average molecular weight is 278 g/mol. The molecule has 3 N–H and O–H groups in total. The van der Waals surface area contributed by atoms with Crippen LogP contribution < -0.4 is 5.32 Å². The summed E-state index contributed by atoms with van der Waals surface area (Å²) in [5.41, 5.74) is 0.588. The number of aliphatic hydroxyl groups excluding tert-OH is 1. The van der Waals surface area contributed by atoms with Crippen LogP contribution in [0.3, 0.4) is 0 Å². The molecule has 0 saturated carbocycles. The van der Waals surface area contributed by atoms with Crippen LogP contribution >= 0.6 is 23.2 Å². The highest BCUT2D eigenvalue weighted by molar-refractivity contribution is 6.42. The average Bonchev–Trinajstić information content (AvgIpc) is 2.28. The molecule has 94 valence electrons. The second-order valence-corrected chi connectivity index (χ2v) is 4.50. The molecule has 1 rings (SSSR count). The van der Waals surface area contributed by atoms with Gasteiger partial charge >= 0.3 is 5.97 Å². The van der Waals surface area contributed by atoms with Crippen LogP contribution in [0.5, 0.6) is 0 Å². The molecule has 0 radical (unpaired) electrons. The molecule has 17 heavy (non-hydrogen) atoms. The number of carboxylic acids is 1. The van der Waals surface area contributed by atoms with Crippen LogP contribution in [-0.2, 0) is 4.79 Å². The maximum Gasteiger partial charge on any atom is 0.317 e. The Kier molecular flexibility index (Phi) is 5.21. The minimum Gasteiger partial charge on any atom is -0.480 e. The van der Waals surface area contributed by atoms with Gasteiger partial charge < -0.3 is 15.5 Å². The van der Waals surface area contributed by atoms with Crippen LogP contribution in [0.25, 0.3) is 0 Å². The molecule has 1 aromatic rings. The fraction of sp³-hybridized carbons (Fsp3) is 0.364. The van der Waals surface area contributed by atoms with Gasteiger partial charge in [0.15, 0.2) is 0 Å². The topological polar surface area (TPSA) is 69.6 Å². The number of nitrogens with one attached hydrogen (secondary N) is 1. The molecule has 0 aliphatic carbocycles. The lowest BCUT2D eigenvalue weighted by molar-refractivity contribution is -0.136. The normalized spacial score (nSPS) is 14.4. The molecule has 0 fully saturated rings. The van der Waals surface area contributed by atoms with Crippen molar-refractivity contribution in [2.45, 2.75) is 19.1 Å². The maximum atomic E-state index is 10.4. The summed E-state index contributed by atoms with van der Waals surface area (Å²) in [6, 6.07) is 4.40. The number of halogens is 2. The van der Waals surface area contributed by atoms with Crippen LogP contribution in [0.1, 0.15) is 18.6 Å². The van der Waals surface area contributed by atoms with Crippen molar-refractivity contribution in [1.82, 2.24) is 5.32 Å². The zero-order valence-corrected chi connectivity index (χ0v) is 10.7. The van der Waals surface area contributed by atoms with Crippen molar-refractivity contribution in [3.8, 4) is 0 Å². The zero-order valence-electron chi connectivity index (χ0n) is 9.15. The number of benzene rings is 1. The summed E-state index contributed by atoms with van der Waals surface area (Å²) in [6.45, 7) is 1.48. The number of aliphatic carboxylic acids is 1. The van der Waals surface area contributed by atoms with Crippen LogP contribution in [-0.4, -0.2) is 28.8 Å². The Morgan fingerprint density at radius 2 is 2.06 bits per heavy atom. The third kappa shape index (κ3) is 4.16. The fourth-order valence-electron chi connectivity index (χ4n) is 1.34. The molecule has 2 unspecified atom stereocenters. The van der Waals surface area contributed by atoms with Gasteiger partial charge in [0.05, 0.1) is 22.7 Å². The Morgan fingerprint density at radius 3 is 2.59 bits per heavy atom. The van der Waals surface area contributed by atoms with Gasteiger partial charge in [-0.2, -0.15) is 0 Å². The van der Waals surface area contributed by atoms with E-state index in [1.54, 1.807) is 25.1 Å². The third-order valence-corrected chi connectivity index (χ3v) is 3.07. The van der Waals surface area contributed by atoms with Gasteiger partial charge in [-0.1, -0.05) is 29.3 Å². The Bertz CT molecular complexity index is 412. The first-order chi connectivity index (χ1) is 7.91. The highest BCUT2D eigenvalue weighted by Crippen LogP contribution is 2.26. The lowest BCUT2D eigenvalue weighted by Crippen LogP contribution is -2.35. The summed E-state index contributed by atoms with van der Waals surface area (Å²) >= 11 is 11.6. The SMILES string of the molecule is CC(NCC(=O)O)C(O)c1ccc(Cl)c(Cl)c1. The van der Waals surface area contributed by atoms with E-state index in [1.807, 2.05) is 0 Å². The lowest BCUT2D eigenvalue weighted by atomic mass is 10.0. The molecule has 1 aromatic carbocycles.